The molecule has 3 rings (SSSR count). The minimum absolute atomic E-state index is 0. The SMILES string of the molecule is C1=CCC([C-]2CCCCC2C2=CC=CC2)=C1.[H-].[H-].[H-].[Hf+4]. The second-order valence-electron chi connectivity index (χ2n) is 5.02. The Kier molecular flexibility index (Phi) is 4.67. The zero-order chi connectivity index (χ0) is 10.8. The third kappa shape index (κ3) is 2.76. The molecule has 3 aliphatic rings. The van der Waals surface area contributed by atoms with Crippen molar-refractivity contribution in [3.63, 3.8) is 0 Å². The molecule has 0 bridgehead atoms. The van der Waals surface area contributed by atoms with Crippen LogP contribution in [0.15, 0.2) is 47.6 Å². The predicted octanol–water partition coefficient (Wildman–Crippen LogP) is 4.86. The van der Waals surface area contributed by atoms with Gasteiger partial charge in [-0.1, -0.05) is 55.4 Å². The summed E-state index contributed by atoms with van der Waals surface area (Å²) in [7, 11) is 0. The van der Waals surface area contributed by atoms with Crippen LogP contribution >= 0.6 is 0 Å². The van der Waals surface area contributed by atoms with Crippen molar-refractivity contribution in [3.8, 4) is 0 Å². The number of allylic oxidation sites excluding steroid dienone is 8. The maximum Gasteiger partial charge on any atom is 4.00 e. The van der Waals surface area contributed by atoms with Gasteiger partial charge in [0.05, 0.1) is 0 Å². The topological polar surface area (TPSA) is 0 Å². The minimum Gasteiger partial charge on any atom is -1.00 e. The number of hydrogen-bond donors (Lipinski definition) is 0. The van der Waals surface area contributed by atoms with Crippen molar-refractivity contribution >= 4 is 0 Å². The fraction of sp³-hybridized carbons (Fsp3) is 0.438. The Hall–Kier alpha value is -0.300. The summed E-state index contributed by atoms with van der Waals surface area (Å²) in [6.45, 7) is 0. The molecule has 0 aliphatic heterocycles. The van der Waals surface area contributed by atoms with Crippen molar-refractivity contribution < 1.29 is 30.1 Å². The van der Waals surface area contributed by atoms with Gasteiger partial charge in [0.25, 0.3) is 0 Å². The first-order chi connectivity index (χ1) is 7.95. The molecule has 1 fully saturated rings. The summed E-state index contributed by atoms with van der Waals surface area (Å²) in [4.78, 5) is 0. The predicted molar refractivity (Wildman–Crippen MR) is 72.2 cm³/mol. The van der Waals surface area contributed by atoms with E-state index in [1.165, 1.54) is 38.5 Å². The van der Waals surface area contributed by atoms with Crippen LogP contribution in [0.3, 0.4) is 0 Å². The van der Waals surface area contributed by atoms with E-state index in [9.17, 15) is 0 Å². The summed E-state index contributed by atoms with van der Waals surface area (Å²) in [5.74, 6) is 2.50. The Morgan fingerprint density at radius 2 is 1.88 bits per heavy atom. The standard InChI is InChI=1S/C16H19.Hf.3H/c1-2-8-13(7-1)15-11-5-6-12-16(15)14-9-3-4-10-14;;;;/h1-4,7,9,15H,5-6,8,10-12H2;;;;/q-1;+4;3*-1. The van der Waals surface area contributed by atoms with Crippen LogP contribution in [0, 0.1) is 11.8 Å². The second kappa shape index (κ2) is 6.04. The summed E-state index contributed by atoms with van der Waals surface area (Å²) in [5.41, 5.74) is 3.26. The van der Waals surface area contributed by atoms with Crippen molar-refractivity contribution in [1.82, 2.24) is 0 Å². The van der Waals surface area contributed by atoms with Gasteiger partial charge in [-0.25, -0.2) is 17.6 Å². The summed E-state index contributed by atoms with van der Waals surface area (Å²) in [6, 6.07) is 0. The molecule has 90 valence electrons. The molecule has 1 saturated carbocycles. The van der Waals surface area contributed by atoms with Gasteiger partial charge in [0.15, 0.2) is 0 Å². The van der Waals surface area contributed by atoms with Gasteiger partial charge >= 0.3 is 25.8 Å². The Labute approximate surface area is 128 Å². The van der Waals surface area contributed by atoms with Gasteiger partial charge in [-0.05, 0) is 12.8 Å². The maximum absolute atomic E-state index is 2.35. The van der Waals surface area contributed by atoms with Gasteiger partial charge < -0.3 is 4.28 Å². The first kappa shape index (κ1) is 13.1. The fourth-order valence-electron chi connectivity index (χ4n) is 3.21. The Bertz CT molecular complexity index is 359. The monoisotopic (exact) mass is 394 g/mol. The molecule has 17 heavy (non-hydrogen) atoms. The molecule has 0 radical (unpaired) electrons. The zero-order valence-corrected chi connectivity index (χ0v) is 13.9. The molecular formula is C16H22Hf. The van der Waals surface area contributed by atoms with Crippen LogP contribution in [0.2, 0.25) is 0 Å². The van der Waals surface area contributed by atoms with E-state index in [1.807, 2.05) is 0 Å². The van der Waals surface area contributed by atoms with Crippen LogP contribution in [-0.4, -0.2) is 0 Å². The van der Waals surface area contributed by atoms with Crippen LogP contribution in [0.1, 0.15) is 42.8 Å². The van der Waals surface area contributed by atoms with E-state index in [0.717, 1.165) is 5.92 Å². The molecule has 0 N–H and O–H groups in total. The van der Waals surface area contributed by atoms with Gasteiger partial charge in [0.2, 0.25) is 0 Å². The van der Waals surface area contributed by atoms with E-state index >= 15 is 0 Å². The Balaban J connectivity index is 0. The van der Waals surface area contributed by atoms with Crippen LogP contribution in [0.5, 0.6) is 0 Å². The molecule has 0 amide bonds. The molecule has 0 aromatic carbocycles. The van der Waals surface area contributed by atoms with Gasteiger partial charge in [-0.3, -0.25) is 0 Å². The first-order valence-corrected chi connectivity index (χ1v) is 6.52. The average molecular weight is 393 g/mol. The van der Waals surface area contributed by atoms with E-state index in [1.54, 1.807) is 17.1 Å². The molecule has 0 spiro atoms. The second-order valence-corrected chi connectivity index (χ2v) is 5.02. The van der Waals surface area contributed by atoms with Crippen molar-refractivity contribution in [2.75, 3.05) is 0 Å². The van der Waals surface area contributed by atoms with E-state index in [4.69, 9.17) is 0 Å². The number of rotatable bonds is 2. The van der Waals surface area contributed by atoms with Gasteiger partial charge in [0, 0.05) is 0 Å². The van der Waals surface area contributed by atoms with Gasteiger partial charge in [-0.2, -0.15) is 0 Å². The molecule has 0 aromatic rings. The van der Waals surface area contributed by atoms with E-state index < -0.39 is 0 Å². The maximum atomic E-state index is 2.35. The van der Waals surface area contributed by atoms with E-state index in [2.05, 4.69) is 36.5 Å². The molecule has 0 nitrogen and oxygen atoms in total. The Morgan fingerprint density at radius 3 is 2.59 bits per heavy atom. The minimum atomic E-state index is 0. The van der Waals surface area contributed by atoms with Crippen LogP contribution < -0.4 is 0 Å². The van der Waals surface area contributed by atoms with Gasteiger partial charge in [-0.15, -0.1) is 12.2 Å². The van der Waals surface area contributed by atoms with E-state index in [-0.39, 0.29) is 30.1 Å². The average Bonchev–Trinajstić information content (AvgIpc) is 3.03. The molecule has 1 unspecified atom stereocenters. The quantitative estimate of drug-likeness (QED) is 0.465. The molecule has 0 heterocycles. The van der Waals surface area contributed by atoms with Crippen LogP contribution in [0.4, 0.5) is 0 Å². The third-order valence-electron chi connectivity index (χ3n) is 4.04. The molecule has 0 aromatic heterocycles. The fourth-order valence-corrected chi connectivity index (χ4v) is 3.21. The van der Waals surface area contributed by atoms with Crippen molar-refractivity contribution in [2.45, 2.75) is 38.5 Å². The summed E-state index contributed by atoms with van der Waals surface area (Å²) < 4.78 is 0. The molecule has 3 aliphatic carbocycles. The molecule has 1 atom stereocenters. The van der Waals surface area contributed by atoms with Gasteiger partial charge in [0.1, 0.15) is 0 Å². The third-order valence-corrected chi connectivity index (χ3v) is 4.04. The van der Waals surface area contributed by atoms with Crippen molar-refractivity contribution in [3.05, 3.63) is 53.5 Å². The summed E-state index contributed by atoms with van der Waals surface area (Å²) in [5, 5.41) is 0. The largest absolute Gasteiger partial charge is 4.00 e. The Morgan fingerprint density at radius 1 is 1.06 bits per heavy atom. The smallest absolute Gasteiger partial charge is 1.00 e. The molecular weight excluding hydrogens is 371 g/mol. The van der Waals surface area contributed by atoms with Crippen molar-refractivity contribution in [1.29, 1.82) is 0 Å². The van der Waals surface area contributed by atoms with Crippen LogP contribution in [0.25, 0.3) is 0 Å². The molecule has 0 saturated heterocycles. The van der Waals surface area contributed by atoms with Crippen LogP contribution in [-0.2, 0) is 25.8 Å². The van der Waals surface area contributed by atoms with Crippen molar-refractivity contribution in [2.24, 2.45) is 5.92 Å². The zero-order valence-electron chi connectivity index (χ0n) is 13.3. The summed E-state index contributed by atoms with van der Waals surface area (Å²) in [6.07, 6.45) is 21.6. The first-order valence-electron chi connectivity index (χ1n) is 6.52. The van der Waals surface area contributed by atoms with E-state index in [0.29, 0.717) is 0 Å². The normalized spacial score (nSPS) is 26.8. The number of hydrogen-bond acceptors (Lipinski definition) is 0. The molecule has 1 heteroatoms. The summed E-state index contributed by atoms with van der Waals surface area (Å²) >= 11 is 0.